The summed E-state index contributed by atoms with van der Waals surface area (Å²) in [7, 11) is -1.21. The number of hydrogen-bond donors (Lipinski definition) is 0. The highest BCUT2D eigenvalue weighted by Crippen LogP contribution is 2.08. The Kier molecular flexibility index (Phi) is 5.19. The van der Waals surface area contributed by atoms with Crippen molar-refractivity contribution in [2.24, 2.45) is 0 Å². The number of allylic oxidation sites excluding steroid dienone is 1. The molecular formula is C6H9F3OS. The molecule has 0 aromatic heterocycles. The van der Waals surface area contributed by atoms with Crippen LogP contribution < -0.4 is 0 Å². The number of hydrogen-bond acceptors (Lipinski definition) is 1. The summed E-state index contributed by atoms with van der Waals surface area (Å²) >= 11 is 0. The third kappa shape index (κ3) is 5.01. The Morgan fingerprint density at radius 1 is 1.64 bits per heavy atom. The molecule has 11 heavy (non-hydrogen) atoms. The summed E-state index contributed by atoms with van der Waals surface area (Å²) in [5, 5.41) is 0. The van der Waals surface area contributed by atoms with Gasteiger partial charge in [-0.3, -0.25) is 4.21 Å². The first-order chi connectivity index (χ1) is 5.07. The SMILES string of the molecule is CCS(=O)C/C=C(\F)C(F)F. The molecule has 5 heteroatoms. The molecular weight excluding hydrogens is 177 g/mol. The molecule has 0 aliphatic rings. The van der Waals surface area contributed by atoms with Crippen LogP contribution in [-0.4, -0.2) is 22.1 Å². The fourth-order valence-electron chi connectivity index (χ4n) is 0.379. The van der Waals surface area contributed by atoms with Crippen LogP contribution in [-0.2, 0) is 10.8 Å². The molecule has 0 radical (unpaired) electrons. The molecule has 0 rings (SSSR count). The number of rotatable bonds is 4. The summed E-state index contributed by atoms with van der Waals surface area (Å²) in [6.07, 6.45) is -2.41. The standard InChI is InChI=1S/C6H9F3OS/c1-2-11(10)4-3-5(7)6(8)9/h3,6H,2,4H2,1H3/b5-3-. The van der Waals surface area contributed by atoms with Crippen LogP contribution in [0.3, 0.4) is 0 Å². The Hall–Kier alpha value is -0.320. The lowest BCUT2D eigenvalue weighted by molar-refractivity contribution is 0.159. The van der Waals surface area contributed by atoms with Crippen LogP contribution in [0.4, 0.5) is 13.2 Å². The lowest BCUT2D eigenvalue weighted by atomic mass is 10.5. The average molecular weight is 186 g/mol. The van der Waals surface area contributed by atoms with E-state index in [1.165, 1.54) is 0 Å². The maximum atomic E-state index is 12.0. The molecule has 0 bridgehead atoms. The van der Waals surface area contributed by atoms with Crippen LogP contribution >= 0.6 is 0 Å². The largest absolute Gasteiger partial charge is 0.289 e. The second-order valence-corrected chi connectivity index (χ2v) is 3.58. The van der Waals surface area contributed by atoms with E-state index in [4.69, 9.17) is 0 Å². The zero-order valence-electron chi connectivity index (χ0n) is 6.02. The van der Waals surface area contributed by atoms with Crippen molar-refractivity contribution in [3.63, 3.8) is 0 Å². The highest BCUT2D eigenvalue weighted by Gasteiger charge is 2.09. The van der Waals surface area contributed by atoms with Gasteiger partial charge in [0.2, 0.25) is 0 Å². The minimum atomic E-state index is -3.08. The van der Waals surface area contributed by atoms with E-state index in [0.29, 0.717) is 11.8 Å². The molecule has 0 aromatic carbocycles. The van der Waals surface area contributed by atoms with Crippen molar-refractivity contribution < 1.29 is 17.4 Å². The Labute approximate surface area is 65.7 Å². The predicted octanol–water partition coefficient (Wildman–Crippen LogP) is 1.87. The van der Waals surface area contributed by atoms with E-state index in [2.05, 4.69) is 0 Å². The van der Waals surface area contributed by atoms with E-state index in [1.807, 2.05) is 0 Å². The van der Waals surface area contributed by atoms with E-state index in [-0.39, 0.29) is 5.75 Å². The van der Waals surface area contributed by atoms with Gasteiger partial charge in [0.25, 0.3) is 6.43 Å². The zero-order valence-corrected chi connectivity index (χ0v) is 6.84. The fourth-order valence-corrected chi connectivity index (χ4v) is 0.960. The summed E-state index contributed by atoms with van der Waals surface area (Å²) in [5.41, 5.74) is 0. The van der Waals surface area contributed by atoms with Crippen molar-refractivity contribution in [1.29, 1.82) is 0 Å². The number of halogens is 3. The monoisotopic (exact) mass is 186 g/mol. The van der Waals surface area contributed by atoms with Gasteiger partial charge in [-0.25, -0.2) is 13.2 Å². The van der Waals surface area contributed by atoms with Crippen LogP contribution in [0.1, 0.15) is 6.92 Å². The molecule has 0 aliphatic carbocycles. The molecule has 0 aliphatic heterocycles. The van der Waals surface area contributed by atoms with Gasteiger partial charge in [-0.15, -0.1) is 0 Å². The maximum Gasteiger partial charge on any atom is 0.289 e. The Morgan fingerprint density at radius 3 is 2.55 bits per heavy atom. The van der Waals surface area contributed by atoms with E-state index in [0.717, 1.165) is 0 Å². The molecule has 0 fully saturated rings. The summed E-state index contributed by atoms with van der Waals surface area (Å²) in [5.74, 6) is -1.27. The van der Waals surface area contributed by atoms with Crippen molar-refractivity contribution >= 4 is 10.8 Å². The molecule has 0 spiro atoms. The molecule has 0 amide bonds. The first-order valence-electron chi connectivity index (χ1n) is 3.06. The lowest BCUT2D eigenvalue weighted by Gasteiger charge is -1.94. The topological polar surface area (TPSA) is 17.1 Å². The quantitative estimate of drug-likeness (QED) is 0.655. The first-order valence-corrected chi connectivity index (χ1v) is 4.55. The van der Waals surface area contributed by atoms with Gasteiger partial charge in [0, 0.05) is 22.3 Å². The molecule has 1 nitrogen and oxygen atoms in total. The highest BCUT2D eigenvalue weighted by molar-refractivity contribution is 7.85. The second-order valence-electron chi connectivity index (χ2n) is 1.78. The smallest absolute Gasteiger partial charge is 0.259 e. The van der Waals surface area contributed by atoms with Gasteiger partial charge in [0.15, 0.2) is 5.83 Å². The Balaban J connectivity index is 3.82. The molecule has 0 N–H and O–H groups in total. The van der Waals surface area contributed by atoms with Gasteiger partial charge < -0.3 is 0 Å². The third-order valence-electron chi connectivity index (χ3n) is 0.995. The molecule has 66 valence electrons. The van der Waals surface area contributed by atoms with Crippen LogP contribution in [0.2, 0.25) is 0 Å². The minimum absolute atomic E-state index is 0.132. The van der Waals surface area contributed by atoms with Crippen molar-refractivity contribution in [1.82, 2.24) is 0 Å². The zero-order chi connectivity index (χ0) is 8.85. The molecule has 0 saturated heterocycles. The maximum absolute atomic E-state index is 12.0. The van der Waals surface area contributed by atoms with Gasteiger partial charge in [0.1, 0.15) is 0 Å². The van der Waals surface area contributed by atoms with Crippen molar-refractivity contribution in [2.45, 2.75) is 13.3 Å². The average Bonchev–Trinajstić information content (AvgIpc) is 1.99. The number of alkyl halides is 2. The van der Waals surface area contributed by atoms with Crippen LogP contribution in [0, 0.1) is 0 Å². The summed E-state index contributed by atoms with van der Waals surface area (Å²) in [6.45, 7) is 1.64. The van der Waals surface area contributed by atoms with Crippen molar-refractivity contribution in [3.05, 3.63) is 11.9 Å². The van der Waals surface area contributed by atoms with Gasteiger partial charge in [-0.05, 0) is 6.08 Å². The van der Waals surface area contributed by atoms with Crippen LogP contribution in [0.5, 0.6) is 0 Å². The summed E-state index contributed by atoms with van der Waals surface area (Å²) in [4.78, 5) is 0. The van der Waals surface area contributed by atoms with E-state index >= 15 is 0 Å². The van der Waals surface area contributed by atoms with Gasteiger partial charge in [0.05, 0.1) is 0 Å². The lowest BCUT2D eigenvalue weighted by Crippen LogP contribution is -1.99. The molecule has 0 heterocycles. The fraction of sp³-hybridized carbons (Fsp3) is 0.667. The van der Waals surface area contributed by atoms with Crippen molar-refractivity contribution in [2.75, 3.05) is 11.5 Å². The van der Waals surface area contributed by atoms with E-state index < -0.39 is 23.1 Å². The normalized spacial score (nSPS) is 15.5. The molecule has 1 unspecified atom stereocenters. The summed E-state index contributed by atoms with van der Waals surface area (Å²) < 4.78 is 45.5. The third-order valence-corrected chi connectivity index (χ3v) is 2.18. The summed E-state index contributed by atoms with van der Waals surface area (Å²) in [6, 6.07) is 0. The van der Waals surface area contributed by atoms with Gasteiger partial charge in [-0.2, -0.15) is 0 Å². The Bertz CT molecular complexity index is 167. The van der Waals surface area contributed by atoms with E-state index in [9.17, 15) is 17.4 Å². The predicted molar refractivity (Wildman–Crippen MR) is 38.7 cm³/mol. The molecule has 0 aromatic rings. The van der Waals surface area contributed by atoms with Crippen molar-refractivity contribution in [3.8, 4) is 0 Å². The van der Waals surface area contributed by atoms with Gasteiger partial charge >= 0.3 is 0 Å². The minimum Gasteiger partial charge on any atom is -0.259 e. The Morgan fingerprint density at radius 2 is 2.18 bits per heavy atom. The second kappa shape index (κ2) is 5.35. The first kappa shape index (κ1) is 10.7. The van der Waals surface area contributed by atoms with Gasteiger partial charge in [-0.1, -0.05) is 6.92 Å². The highest BCUT2D eigenvalue weighted by atomic mass is 32.2. The van der Waals surface area contributed by atoms with E-state index in [1.54, 1.807) is 6.92 Å². The molecule has 1 atom stereocenters. The molecule has 0 saturated carbocycles. The van der Waals surface area contributed by atoms with Crippen LogP contribution in [0.15, 0.2) is 11.9 Å². The van der Waals surface area contributed by atoms with Crippen LogP contribution in [0.25, 0.3) is 0 Å².